The van der Waals surface area contributed by atoms with Crippen LogP contribution in [0, 0.1) is 5.92 Å². The first-order valence-electron chi connectivity index (χ1n) is 22.0. The van der Waals surface area contributed by atoms with Gasteiger partial charge in [0.2, 0.25) is 23.6 Å². The van der Waals surface area contributed by atoms with E-state index in [9.17, 15) is 28.8 Å². The van der Waals surface area contributed by atoms with Crippen molar-refractivity contribution in [3.05, 3.63) is 120 Å². The molecule has 6 rings (SSSR count). The molecule has 14 heteroatoms. The van der Waals surface area contributed by atoms with E-state index in [0.29, 0.717) is 12.8 Å². The van der Waals surface area contributed by atoms with E-state index in [1.165, 1.54) is 4.90 Å². The van der Waals surface area contributed by atoms with E-state index in [-0.39, 0.29) is 31.3 Å². The Labute approximate surface area is 374 Å². The van der Waals surface area contributed by atoms with Crippen LogP contribution >= 0.6 is 0 Å². The van der Waals surface area contributed by atoms with E-state index in [2.05, 4.69) is 26.3 Å². The maximum atomic E-state index is 14.7. The van der Waals surface area contributed by atoms with Gasteiger partial charge in [0.05, 0.1) is 6.42 Å². The first-order valence-corrected chi connectivity index (χ1v) is 22.0. The van der Waals surface area contributed by atoms with Crippen LogP contribution in [-0.4, -0.2) is 89.4 Å². The number of nitrogens with one attached hydrogen (secondary N) is 5. The number of alkyl carbamates (subject to hydrolysis) is 1. The minimum atomic E-state index is -1.49. The summed E-state index contributed by atoms with van der Waals surface area (Å²) in [5.74, 6) is -3.56. The van der Waals surface area contributed by atoms with Gasteiger partial charge in [-0.15, -0.1) is 0 Å². The van der Waals surface area contributed by atoms with Crippen molar-refractivity contribution in [3.8, 4) is 0 Å². The number of esters is 1. The van der Waals surface area contributed by atoms with Gasteiger partial charge in [-0.1, -0.05) is 110 Å². The van der Waals surface area contributed by atoms with Crippen molar-refractivity contribution >= 4 is 57.4 Å². The van der Waals surface area contributed by atoms with Crippen molar-refractivity contribution in [2.45, 2.75) is 109 Å². The van der Waals surface area contributed by atoms with Crippen LogP contribution in [0.1, 0.15) is 76.0 Å². The van der Waals surface area contributed by atoms with Gasteiger partial charge in [0, 0.05) is 44.0 Å². The highest BCUT2D eigenvalue weighted by Gasteiger charge is 2.37. The van der Waals surface area contributed by atoms with Crippen LogP contribution in [0.3, 0.4) is 0 Å². The molecule has 1 aromatic heterocycles. The second kappa shape index (κ2) is 21.6. The number of rotatable bonds is 17. The third kappa shape index (κ3) is 12.9. The summed E-state index contributed by atoms with van der Waals surface area (Å²) in [4.78, 5) is 88.7. The minimum absolute atomic E-state index is 0.0615. The maximum absolute atomic E-state index is 14.7. The Balaban J connectivity index is 1.28. The van der Waals surface area contributed by atoms with E-state index < -0.39 is 66.0 Å². The Bertz CT molecular complexity index is 2410. The van der Waals surface area contributed by atoms with Crippen LogP contribution in [-0.2, 0) is 52.9 Å². The van der Waals surface area contributed by atoms with E-state index in [0.717, 1.165) is 57.6 Å². The second-order valence-electron chi connectivity index (χ2n) is 17.7. The molecule has 5 N–H and O–H groups in total. The predicted octanol–water partition coefficient (Wildman–Crippen LogP) is 6.26. The molecule has 5 aromatic rings. The fourth-order valence-electron chi connectivity index (χ4n) is 8.21. The molecule has 1 heterocycles. The molecule has 64 heavy (non-hydrogen) atoms. The molecule has 4 aromatic carbocycles. The van der Waals surface area contributed by atoms with Crippen molar-refractivity contribution in [2.24, 2.45) is 5.92 Å². The number of H-pyrrole nitrogens is 1. The first-order chi connectivity index (χ1) is 30.6. The Kier molecular flexibility index (Phi) is 15.8. The van der Waals surface area contributed by atoms with Gasteiger partial charge in [-0.2, -0.15) is 0 Å². The minimum Gasteiger partial charge on any atom is -0.461 e. The van der Waals surface area contributed by atoms with Gasteiger partial charge in [0.15, 0.2) is 0 Å². The highest BCUT2D eigenvalue weighted by Crippen LogP contribution is 2.28. The fourth-order valence-corrected chi connectivity index (χ4v) is 8.21. The molecular weight excluding hydrogens is 813 g/mol. The zero-order chi connectivity index (χ0) is 45.8. The molecule has 0 unspecified atom stereocenters. The number of benzene rings is 4. The van der Waals surface area contributed by atoms with Gasteiger partial charge in [-0.25, -0.2) is 4.79 Å². The molecule has 338 valence electrons. The monoisotopic (exact) mass is 872 g/mol. The standard InChI is InChI=1S/C50H60N6O8/c1-50(2,3)64-49(62)54-40(28-36-30-51-39-26-15-14-25-38(36)39)46(59)55-44(34-20-10-7-11-21-34)47(60)52-41(29-43(57)63-31-32-17-8-6-9-18-32)45(58)53-42(48(61)56(4)5)27-35-23-16-22-33-19-12-13-24-37(33)35/h6,8-9,12-19,22-26,30,34,40-42,44,51H,7,10-11,20-21,27-29,31H2,1-5H3,(H,52,60)(H,53,58)(H,54,62)(H,55,59)/t40-,41-,42-,44-/m0/s1. The molecule has 14 nitrogen and oxygen atoms in total. The number of hydrogen-bond donors (Lipinski definition) is 5. The number of carbonyl (C=O) groups is 6. The number of aromatic amines is 1. The topological polar surface area (TPSA) is 188 Å². The molecule has 1 aliphatic carbocycles. The van der Waals surface area contributed by atoms with Crippen LogP contribution in [0.4, 0.5) is 4.79 Å². The van der Waals surface area contributed by atoms with E-state index in [1.54, 1.807) is 53.2 Å². The quantitative estimate of drug-likeness (QED) is 0.0678. The molecule has 5 amide bonds. The molecule has 0 radical (unpaired) electrons. The van der Waals surface area contributed by atoms with Crippen LogP contribution in [0.25, 0.3) is 21.7 Å². The Morgan fingerprint density at radius 3 is 2.02 bits per heavy atom. The largest absolute Gasteiger partial charge is 0.461 e. The lowest BCUT2D eigenvalue weighted by Crippen LogP contribution is -2.60. The predicted molar refractivity (Wildman–Crippen MR) is 245 cm³/mol. The van der Waals surface area contributed by atoms with Gasteiger partial charge < -0.3 is 40.6 Å². The molecular formula is C50H60N6O8. The van der Waals surface area contributed by atoms with Crippen LogP contribution in [0.15, 0.2) is 103 Å². The van der Waals surface area contributed by atoms with Gasteiger partial charge >= 0.3 is 12.1 Å². The average Bonchev–Trinajstić information content (AvgIpc) is 3.68. The normalized spacial score (nSPS) is 15.0. The van der Waals surface area contributed by atoms with Gasteiger partial charge in [0.1, 0.15) is 36.4 Å². The molecule has 0 bridgehead atoms. The van der Waals surface area contributed by atoms with Crippen molar-refractivity contribution < 1.29 is 38.2 Å². The second-order valence-corrected chi connectivity index (χ2v) is 17.7. The summed E-state index contributed by atoms with van der Waals surface area (Å²) >= 11 is 0. The molecule has 0 spiro atoms. The summed E-state index contributed by atoms with van der Waals surface area (Å²) in [5.41, 5.74) is 2.33. The summed E-state index contributed by atoms with van der Waals surface area (Å²) in [7, 11) is 3.18. The van der Waals surface area contributed by atoms with Crippen LogP contribution in [0.5, 0.6) is 0 Å². The van der Waals surface area contributed by atoms with Gasteiger partial charge in [-0.05, 0) is 73.1 Å². The summed E-state index contributed by atoms with van der Waals surface area (Å²) < 4.78 is 11.1. The zero-order valence-electron chi connectivity index (χ0n) is 37.3. The highest BCUT2D eigenvalue weighted by molar-refractivity contribution is 5.97. The smallest absolute Gasteiger partial charge is 0.408 e. The number of carbonyl (C=O) groups excluding carboxylic acids is 6. The average molecular weight is 873 g/mol. The van der Waals surface area contributed by atoms with Gasteiger partial charge in [0.25, 0.3) is 0 Å². The Hall–Kier alpha value is -6.70. The number of para-hydroxylation sites is 1. The van der Waals surface area contributed by atoms with Crippen LogP contribution in [0.2, 0.25) is 0 Å². The van der Waals surface area contributed by atoms with Gasteiger partial charge in [-0.3, -0.25) is 24.0 Å². The number of aromatic nitrogens is 1. The zero-order valence-corrected chi connectivity index (χ0v) is 37.3. The molecule has 0 saturated heterocycles. The molecule has 1 saturated carbocycles. The Morgan fingerprint density at radius 2 is 1.30 bits per heavy atom. The molecule has 0 aliphatic heterocycles. The maximum Gasteiger partial charge on any atom is 0.408 e. The molecule has 1 fully saturated rings. The number of likely N-dealkylation sites (N-methyl/N-ethyl adjacent to an activating group) is 1. The molecule has 1 aliphatic rings. The van der Waals surface area contributed by atoms with Crippen molar-refractivity contribution in [1.29, 1.82) is 0 Å². The fraction of sp³-hybridized carbons (Fsp3) is 0.400. The number of ether oxygens (including phenoxy) is 2. The SMILES string of the molecule is CN(C)C(=O)[C@H](Cc1cccc2ccccc12)NC(=O)[C@H](CC(=O)OCc1ccccc1)NC(=O)[C@@H](NC(=O)[C@H](Cc1c[nH]c2ccccc12)NC(=O)OC(C)(C)C)C1CCCCC1. The van der Waals surface area contributed by atoms with Crippen molar-refractivity contribution in [2.75, 3.05) is 14.1 Å². The van der Waals surface area contributed by atoms with E-state index in [4.69, 9.17) is 9.47 Å². The third-order valence-electron chi connectivity index (χ3n) is 11.4. The number of nitrogens with zero attached hydrogens (tertiary/aromatic N) is 1. The lowest BCUT2D eigenvalue weighted by atomic mass is 9.83. The third-order valence-corrected chi connectivity index (χ3v) is 11.4. The van der Waals surface area contributed by atoms with Crippen molar-refractivity contribution in [1.82, 2.24) is 31.2 Å². The van der Waals surface area contributed by atoms with E-state index >= 15 is 0 Å². The Morgan fingerprint density at radius 1 is 0.672 bits per heavy atom. The van der Waals surface area contributed by atoms with E-state index in [1.807, 2.05) is 84.9 Å². The van der Waals surface area contributed by atoms with Crippen LogP contribution < -0.4 is 21.3 Å². The lowest BCUT2D eigenvalue weighted by Gasteiger charge is -2.33. The number of hydrogen-bond acceptors (Lipinski definition) is 8. The lowest BCUT2D eigenvalue weighted by molar-refractivity contribution is -0.148. The molecule has 4 atom stereocenters. The number of fused-ring (bicyclic) bond motifs is 2. The highest BCUT2D eigenvalue weighted by atomic mass is 16.6. The summed E-state index contributed by atoms with van der Waals surface area (Å²) in [6, 6.07) is 25.3. The number of amides is 5. The summed E-state index contributed by atoms with van der Waals surface area (Å²) in [5, 5.41) is 14.1. The first kappa shape index (κ1) is 46.8. The van der Waals surface area contributed by atoms with Crippen molar-refractivity contribution in [3.63, 3.8) is 0 Å². The summed E-state index contributed by atoms with van der Waals surface area (Å²) in [6.07, 6.45) is 4.45. The summed E-state index contributed by atoms with van der Waals surface area (Å²) in [6.45, 7) is 5.10.